The molecule has 6 heteroatoms. The zero-order valence-electron chi connectivity index (χ0n) is 17.5. The average molecular weight is 376 g/mol. The van der Waals surface area contributed by atoms with Gasteiger partial charge in [0.1, 0.15) is 5.75 Å². The van der Waals surface area contributed by atoms with Crippen molar-refractivity contribution in [3.8, 4) is 5.75 Å². The SMILES string of the molecule is Cc1ccc(OCC(=O)NC2CCN(C(=O)N(C)C)CC2)c(C(C)(C)C)c1. The molecular formula is C21H33N3O3. The minimum absolute atomic E-state index is 0.00296. The molecule has 0 atom stereocenters. The average Bonchev–Trinajstić information content (AvgIpc) is 2.59. The number of nitrogens with one attached hydrogen (secondary N) is 1. The fourth-order valence-corrected chi connectivity index (χ4v) is 3.27. The van der Waals surface area contributed by atoms with E-state index < -0.39 is 0 Å². The summed E-state index contributed by atoms with van der Waals surface area (Å²) in [5.74, 6) is 0.641. The van der Waals surface area contributed by atoms with Gasteiger partial charge in [0, 0.05) is 33.2 Å². The van der Waals surface area contributed by atoms with Crippen LogP contribution >= 0.6 is 0 Å². The molecule has 150 valence electrons. The van der Waals surface area contributed by atoms with Crippen LogP contribution < -0.4 is 10.1 Å². The number of likely N-dealkylation sites (tertiary alicyclic amines) is 1. The van der Waals surface area contributed by atoms with Crippen molar-refractivity contribution in [1.82, 2.24) is 15.1 Å². The van der Waals surface area contributed by atoms with Crippen molar-refractivity contribution < 1.29 is 14.3 Å². The summed E-state index contributed by atoms with van der Waals surface area (Å²) in [7, 11) is 3.51. The molecule has 0 spiro atoms. The summed E-state index contributed by atoms with van der Waals surface area (Å²) in [5, 5.41) is 3.03. The minimum atomic E-state index is -0.118. The number of carbonyl (C=O) groups is 2. The number of aryl methyl sites for hydroxylation is 1. The Hall–Kier alpha value is -2.24. The van der Waals surface area contributed by atoms with Crippen LogP contribution in [0.4, 0.5) is 4.79 Å². The number of carbonyl (C=O) groups excluding carboxylic acids is 2. The molecule has 1 aromatic rings. The Bertz CT molecular complexity index is 672. The van der Waals surface area contributed by atoms with Crippen LogP contribution in [0.1, 0.15) is 44.7 Å². The van der Waals surface area contributed by atoms with Gasteiger partial charge in [0.15, 0.2) is 6.61 Å². The highest BCUT2D eigenvalue weighted by atomic mass is 16.5. The zero-order chi connectivity index (χ0) is 20.2. The Labute approximate surface area is 162 Å². The van der Waals surface area contributed by atoms with Gasteiger partial charge in [0.25, 0.3) is 5.91 Å². The van der Waals surface area contributed by atoms with E-state index in [1.165, 1.54) is 5.56 Å². The number of rotatable bonds is 4. The fourth-order valence-electron chi connectivity index (χ4n) is 3.27. The van der Waals surface area contributed by atoms with Gasteiger partial charge in [-0.1, -0.05) is 38.5 Å². The standard InChI is InChI=1S/C21H33N3O3/c1-15-7-8-18(17(13-15)21(2,3)4)27-14-19(25)22-16-9-11-24(12-10-16)20(26)23(5)6/h7-8,13,16H,9-12,14H2,1-6H3,(H,22,25). The molecule has 0 radical (unpaired) electrons. The van der Waals surface area contributed by atoms with Crippen LogP contribution in [0.15, 0.2) is 18.2 Å². The summed E-state index contributed by atoms with van der Waals surface area (Å²) in [6.07, 6.45) is 1.53. The van der Waals surface area contributed by atoms with E-state index in [4.69, 9.17) is 4.74 Å². The van der Waals surface area contributed by atoms with Gasteiger partial charge in [-0.2, -0.15) is 0 Å². The predicted octanol–water partition coefficient (Wildman–Crippen LogP) is 2.93. The molecule has 0 bridgehead atoms. The Morgan fingerprint density at radius 3 is 2.41 bits per heavy atom. The van der Waals surface area contributed by atoms with Crippen LogP contribution in [-0.4, -0.2) is 61.6 Å². The van der Waals surface area contributed by atoms with Crippen LogP contribution in [0, 0.1) is 6.92 Å². The molecule has 1 heterocycles. The van der Waals surface area contributed by atoms with Gasteiger partial charge in [-0.25, -0.2) is 4.79 Å². The first-order valence-electron chi connectivity index (χ1n) is 9.57. The van der Waals surface area contributed by atoms with Gasteiger partial charge in [-0.15, -0.1) is 0 Å². The first-order chi connectivity index (χ1) is 12.6. The maximum Gasteiger partial charge on any atom is 0.319 e. The van der Waals surface area contributed by atoms with Crippen molar-refractivity contribution in [3.63, 3.8) is 0 Å². The smallest absolute Gasteiger partial charge is 0.319 e. The van der Waals surface area contributed by atoms with Crippen LogP contribution in [0.2, 0.25) is 0 Å². The number of urea groups is 1. The second-order valence-electron chi connectivity index (χ2n) is 8.54. The molecule has 2 rings (SSSR count). The third-order valence-electron chi connectivity index (χ3n) is 4.82. The van der Waals surface area contributed by atoms with Crippen molar-refractivity contribution in [3.05, 3.63) is 29.3 Å². The monoisotopic (exact) mass is 375 g/mol. The predicted molar refractivity (Wildman–Crippen MR) is 107 cm³/mol. The largest absolute Gasteiger partial charge is 0.483 e. The molecule has 1 aliphatic heterocycles. The summed E-state index contributed by atoms with van der Waals surface area (Å²) in [4.78, 5) is 27.7. The van der Waals surface area contributed by atoms with E-state index in [0.717, 1.165) is 24.2 Å². The van der Waals surface area contributed by atoms with Crippen molar-refractivity contribution >= 4 is 11.9 Å². The molecule has 6 nitrogen and oxygen atoms in total. The maximum absolute atomic E-state index is 12.3. The molecule has 0 saturated carbocycles. The molecule has 1 saturated heterocycles. The van der Waals surface area contributed by atoms with E-state index in [1.54, 1.807) is 19.0 Å². The van der Waals surface area contributed by atoms with Crippen molar-refractivity contribution in [2.45, 2.75) is 52.0 Å². The Balaban J connectivity index is 1.85. The molecule has 1 N–H and O–H groups in total. The summed E-state index contributed by atoms with van der Waals surface area (Å²) in [5.41, 5.74) is 2.23. The van der Waals surface area contributed by atoms with Gasteiger partial charge in [-0.05, 0) is 36.8 Å². The van der Waals surface area contributed by atoms with Gasteiger partial charge >= 0.3 is 6.03 Å². The van der Waals surface area contributed by atoms with Crippen molar-refractivity contribution in [2.75, 3.05) is 33.8 Å². The lowest BCUT2D eigenvalue weighted by Gasteiger charge is -2.33. The Kier molecular flexibility index (Phi) is 6.73. The Morgan fingerprint density at radius 2 is 1.85 bits per heavy atom. The second kappa shape index (κ2) is 8.63. The van der Waals surface area contributed by atoms with Crippen molar-refractivity contribution in [1.29, 1.82) is 0 Å². The zero-order valence-corrected chi connectivity index (χ0v) is 17.5. The molecular weight excluding hydrogens is 342 g/mol. The first-order valence-corrected chi connectivity index (χ1v) is 9.57. The fraction of sp³-hybridized carbons (Fsp3) is 0.619. The summed E-state index contributed by atoms with van der Waals surface area (Å²) < 4.78 is 5.83. The third kappa shape index (κ3) is 5.88. The number of nitrogens with zero attached hydrogens (tertiary/aromatic N) is 2. The number of hydrogen-bond acceptors (Lipinski definition) is 3. The first kappa shape index (κ1) is 21.1. The molecule has 27 heavy (non-hydrogen) atoms. The minimum Gasteiger partial charge on any atom is -0.483 e. The lowest BCUT2D eigenvalue weighted by atomic mass is 9.85. The highest BCUT2D eigenvalue weighted by Gasteiger charge is 2.25. The summed E-state index contributed by atoms with van der Waals surface area (Å²) in [6.45, 7) is 9.79. The van der Waals surface area contributed by atoms with Gasteiger partial charge in [0.05, 0.1) is 0 Å². The topological polar surface area (TPSA) is 61.9 Å². The Morgan fingerprint density at radius 1 is 1.22 bits per heavy atom. The molecule has 0 unspecified atom stereocenters. The van der Waals surface area contributed by atoms with Crippen LogP contribution in [0.3, 0.4) is 0 Å². The van der Waals surface area contributed by atoms with E-state index in [0.29, 0.717) is 13.1 Å². The lowest BCUT2D eigenvalue weighted by Crippen LogP contribution is -2.49. The van der Waals surface area contributed by atoms with Gasteiger partial charge < -0.3 is 19.9 Å². The molecule has 1 aromatic carbocycles. The van der Waals surface area contributed by atoms with Crippen LogP contribution in [0.25, 0.3) is 0 Å². The highest BCUT2D eigenvalue weighted by Crippen LogP contribution is 2.32. The number of ether oxygens (including phenoxy) is 1. The summed E-state index contributed by atoms with van der Waals surface area (Å²) >= 11 is 0. The third-order valence-corrected chi connectivity index (χ3v) is 4.82. The maximum atomic E-state index is 12.3. The van der Waals surface area contributed by atoms with Gasteiger partial charge in [-0.3, -0.25) is 4.79 Å². The van der Waals surface area contributed by atoms with E-state index in [-0.39, 0.29) is 30.0 Å². The van der Waals surface area contributed by atoms with Gasteiger partial charge in [0.2, 0.25) is 0 Å². The molecule has 0 aliphatic carbocycles. The summed E-state index contributed by atoms with van der Waals surface area (Å²) in [6, 6.07) is 6.17. The normalized spacial score (nSPS) is 15.4. The van der Waals surface area contributed by atoms with E-state index >= 15 is 0 Å². The lowest BCUT2D eigenvalue weighted by molar-refractivity contribution is -0.124. The number of amides is 3. The van der Waals surface area contributed by atoms with E-state index in [9.17, 15) is 9.59 Å². The molecule has 3 amide bonds. The number of hydrogen-bond donors (Lipinski definition) is 1. The van der Waals surface area contributed by atoms with Crippen LogP contribution in [0.5, 0.6) is 5.75 Å². The number of benzene rings is 1. The van der Waals surface area contributed by atoms with Crippen LogP contribution in [-0.2, 0) is 10.2 Å². The molecule has 1 aliphatic rings. The van der Waals surface area contributed by atoms with Crippen molar-refractivity contribution in [2.24, 2.45) is 0 Å². The molecule has 1 fully saturated rings. The quantitative estimate of drug-likeness (QED) is 0.880. The highest BCUT2D eigenvalue weighted by molar-refractivity contribution is 5.78. The van der Waals surface area contributed by atoms with E-state index in [2.05, 4.69) is 39.1 Å². The van der Waals surface area contributed by atoms with E-state index in [1.807, 2.05) is 17.0 Å². The number of piperidine rings is 1. The second-order valence-corrected chi connectivity index (χ2v) is 8.54. The molecule has 0 aromatic heterocycles.